The van der Waals surface area contributed by atoms with Crippen LogP contribution in [0, 0.1) is 5.92 Å². The largest absolute Gasteiger partial charge is 0.505 e. The van der Waals surface area contributed by atoms with Crippen LogP contribution in [0.2, 0.25) is 10.0 Å². The Balaban J connectivity index is 2.60. The van der Waals surface area contributed by atoms with Crippen LogP contribution in [0.4, 0.5) is 5.69 Å². The number of amides is 1. The summed E-state index contributed by atoms with van der Waals surface area (Å²) in [6.07, 6.45) is 1.11. The highest BCUT2D eigenvalue weighted by atomic mass is 35.5. The van der Waals surface area contributed by atoms with Crippen LogP contribution in [0.25, 0.3) is 0 Å². The molecule has 0 radical (unpaired) electrons. The number of nitrogens with one attached hydrogen (secondary N) is 1. The molecular formula is C12H16Cl2N2O2. The maximum Gasteiger partial charge on any atom is 0.224 e. The molecule has 4 nitrogen and oxygen atoms in total. The van der Waals surface area contributed by atoms with Gasteiger partial charge < -0.3 is 16.2 Å². The van der Waals surface area contributed by atoms with Gasteiger partial charge in [0.05, 0.1) is 10.0 Å². The van der Waals surface area contributed by atoms with Gasteiger partial charge in [-0.3, -0.25) is 4.79 Å². The van der Waals surface area contributed by atoms with Crippen molar-refractivity contribution < 1.29 is 9.90 Å². The summed E-state index contributed by atoms with van der Waals surface area (Å²) >= 11 is 11.5. The molecule has 100 valence electrons. The van der Waals surface area contributed by atoms with Crippen molar-refractivity contribution in [2.75, 3.05) is 11.9 Å². The van der Waals surface area contributed by atoms with E-state index in [1.807, 2.05) is 6.92 Å². The molecule has 4 N–H and O–H groups in total. The zero-order valence-electron chi connectivity index (χ0n) is 10.0. The molecule has 1 atom stereocenters. The lowest BCUT2D eigenvalue weighted by molar-refractivity contribution is -0.116. The second kappa shape index (κ2) is 6.83. The number of hydrogen-bond donors (Lipinski definition) is 3. The maximum absolute atomic E-state index is 11.6. The molecule has 0 heterocycles. The fourth-order valence-electron chi connectivity index (χ4n) is 1.36. The van der Waals surface area contributed by atoms with Crippen molar-refractivity contribution >= 4 is 34.8 Å². The Morgan fingerprint density at radius 3 is 2.50 bits per heavy atom. The predicted molar refractivity (Wildman–Crippen MR) is 74.2 cm³/mol. The fourth-order valence-corrected chi connectivity index (χ4v) is 1.84. The third kappa shape index (κ3) is 4.37. The summed E-state index contributed by atoms with van der Waals surface area (Å²) < 4.78 is 0. The van der Waals surface area contributed by atoms with Gasteiger partial charge in [0, 0.05) is 12.1 Å². The van der Waals surface area contributed by atoms with Gasteiger partial charge in [-0.05, 0) is 31.0 Å². The van der Waals surface area contributed by atoms with E-state index in [0.717, 1.165) is 6.42 Å². The van der Waals surface area contributed by atoms with Crippen LogP contribution in [-0.4, -0.2) is 17.6 Å². The third-order valence-corrected chi connectivity index (χ3v) is 3.14. The molecule has 0 saturated heterocycles. The Bertz CT molecular complexity index is 415. The third-order valence-electron chi connectivity index (χ3n) is 2.57. The van der Waals surface area contributed by atoms with Crippen molar-refractivity contribution in [3.05, 3.63) is 22.2 Å². The number of carbonyl (C=O) groups is 1. The van der Waals surface area contributed by atoms with E-state index in [9.17, 15) is 9.90 Å². The van der Waals surface area contributed by atoms with E-state index < -0.39 is 0 Å². The molecule has 0 fully saturated rings. The van der Waals surface area contributed by atoms with Crippen molar-refractivity contribution in [1.82, 2.24) is 0 Å². The number of rotatable bonds is 5. The Morgan fingerprint density at radius 1 is 1.44 bits per heavy atom. The van der Waals surface area contributed by atoms with Gasteiger partial charge in [0.1, 0.15) is 0 Å². The van der Waals surface area contributed by atoms with Crippen molar-refractivity contribution in [3.8, 4) is 5.75 Å². The van der Waals surface area contributed by atoms with Crippen LogP contribution in [0.1, 0.15) is 19.8 Å². The normalized spacial score (nSPS) is 12.2. The summed E-state index contributed by atoms with van der Waals surface area (Å²) in [6, 6.07) is 2.90. The topological polar surface area (TPSA) is 75.4 Å². The first-order valence-corrected chi connectivity index (χ1v) is 6.37. The summed E-state index contributed by atoms with van der Waals surface area (Å²) in [5.74, 6) is -0.0102. The lowest BCUT2D eigenvalue weighted by Gasteiger charge is -2.10. The van der Waals surface area contributed by atoms with Gasteiger partial charge in [0.25, 0.3) is 0 Å². The Hall–Kier alpha value is -0.970. The SMILES string of the molecule is CC(CN)CCC(=O)Nc1cc(Cl)c(O)c(Cl)c1. The highest BCUT2D eigenvalue weighted by molar-refractivity contribution is 6.37. The number of benzene rings is 1. The van der Waals surface area contributed by atoms with E-state index in [1.54, 1.807) is 0 Å². The quantitative estimate of drug-likeness (QED) is 0.730. The lowest BCUT2D eigenvalue weighted by Crippen LogP contribution is -2.16. The molecule has 0 aliphatic carbocycles. The first-order chi connectivity index (χ1) is 8.43. The van der Waals surface area contributed by atoms with Crippen molar-refractivity contribution in [2.45, 2.75) is 19.8 Å². The number of carbonyl (C=O) groups excluding carboxylic acids is 1. The molecule has 18 heavy (non-hydrogen) atoms. The van der Waals surface area contributed by atoms with E-state index in [0.29, 0.717) is 24.6 Å². The standard InChI is InChI=1S/C12H16Cl2N2O2/c1-7(6-15)2-3-11(17)16-8-4-9(13)12(18)10(14)5-8/h4-5,7,18H,2-3,6,15H2,1H3,(H,16,17). The summed E-state index contributed by atoms with van der Waals surface area (Å²) in [6.45, 7) is 2.55. The first kappa shape index (κ1) is 15.1. The number of phenols is 1. The molecule has 0 aromatic heterocycles. The molecule has 0 aliphatic rings. The molecule has 1 rings (SSSR count). The van der Waals surface area contributed by atoms with Crippen LogP contribution >= 0.6 is 23.2 Å². The van der Waals surface area contributed by atoms with Gasteiger partial charge >= 0.3 is 0 Å². The summed E-state index contributed by atoms with van der Waals surface area (Å²) in [5, 5.41) is 12.3. The van der Waals surface area contributed by atoms with Crippen LogP contribution in [-0.2, 0) is 4.79 Å². The highest BCUT2D eigenvalue weighted by Gasteiger charge is 2.10. The average Bonchev–Trinajstić information content (AvgIpc) is 2.32. The molecule has 1 aromatic rings. The van der Waals surface area contributed by atoms with Gasteiger partial charge in [0.15, 0.2) is 5.75 Å². The summed E-state index contributed by atoms with van der Waals surface area (Å²) in [5.41, 5.74) is 5.94. The molecule has 1 unspecified atom stereocenters. The number of hydrogen-bond acceptors (Lipinski definition) is 3. The molecule has 6 heteroatoms. The minimum absolute atomic E-state index is 0.105. The van der Waals surface area contributed by atoms with Crippen LogP contribution in [0.3, 0.4) is 0 Å². The van der Waals surface area contributed by atoms with Gasteiger partial charge in [-0.25, -0.2) is 0 Å². The zero-order chi connectivity index (χ0) is 13.7. The number of nitrogens with two attached hydrogens (primary N) is 1. The minimum Gasteiger partial charge on any atom is -0.505 e. The van der Waals surface area contributed by atoms with Crippen molar-refractivity contribution in [2.24, 2.45) is 11.7 Å². The Labute approximate surface area is 116 Å². The number of halogens is 2. The maximum atomic E-state index is 11.6. The number of phenolic OH excluding ortho intramolecular Hbond substituents is 1. The van der Waals surface area contributed by atoms with Crippen LogP contribution < -0.4 is 11.1 Å². The van der Waals surface area contributed by atoms with Crippen molar-refractivity contribution in [3.63, 3.8) is 0 Å². The predicted octanol–water partition coefficient (Wildman–Crippen LogP) is 3.01. The first-order valence-electron chi connectivity index (χ1n) is 5.62. The second-order valence-corrected chi connectivity index (χ2v) is 5.03. The van der Waals surface area contributed by atoms with E-state index in [2.05, 4.69) is 5.32 Å². The fraction of sp³-hybridized carbons (Fsp3) is 0.417. The van der Waals surface area contributed by atoms with Gasteiger partial charge in [-0.2, -0.15) is 0 Å². The van der Waals surface area contributed by atoms with Gasteiger partial charge in [0.2, 0.25) is 5.91 Å². The Kier molecular flexibility index (Phi) is 5.72. The zero-order valence-corrected chi connectivity index (χ0v) is 11.6. The summed E-state index contributed by atoms with van der Waals surface area (Å²) in [7, 11) is 0. The monoisotopic (exact) mass is 290 g/mol. The molecule has 1 aromatic carbocycles. The smallest absolute Gasteiger partial charge is 0.224 e. The van der Waals surface area contributed by atoms with E-state index in [4.69, 9.17) is 28.9 Å². The van der Waals surface area contributed by atoms with Crippen molar-refractivity contribution in [1.29, 1.82) is 0 Å². The average molecular weight is 291 g/mol. The Morgan fingerprint density at radius 2 is 2.00 bits per heavy atom. The second-order valence-electron chi connectivity index (χ2n) is 4.22. The molecular weight excluding hydrogens is 275 g/mol. The van der Waals surface area contributed by atoms with Crippen LogP contribution in [0.5, 0.6) is 5.75 Å². The molecule has 0 spiro atoms. The summed E-state index contributed by atoms with van der Waals surface area (Å²) in [4.78, 5) is 11.6. The molecule has 0 aliphatic heterocycles. The van der Waals surface area contributed by atoms with Crippen LogP contribution in [0.15, 0.2) is 12.1 Å². The molecule has 0 saturated carbocycles. The van der Waals surface area contributed by atoms with E-state index in [1.165, 1.54) is 12.1 Å². The van der Waals surface area contributed by atoms with E-state index >= 15 is 0 Å². The lowest BCUT2D eigenvalue weighted by atomic mass is 10.1. The van der Waals surface area contributed by atoms with Gasteiger partial charge in [-0.15, -0.1) is 0 Å². The molecule has 1 amide bonds. The minimum atomic E-state index is -0.187. The van der Waals surface area contributed by atoms with E-state index in [-0.39, 0.29) is 21.7 Å². The molecule has 0 bridgehead atoms. The number of aromatic hydroxyl groups is 1. The number of anilines is 1. The van der Waals surface area contributed by atoms with Gasteiger partial charge in [-0.1, -0.05) is 30.1 Å². The highest BCUT2D eigenvalue weighted by Crippen LogP contribution is 2.34.